The SMILES string of the molecule is C=C(c1ccccc1)c1cccc(-c2cccc(CO[Si](C)(C)C)c2)c1. The second-order valence-electron chi connectivity index (χ2n) is 7.53. The van der Waals surface area contributed by atoms with E-state index in [4.69, 9.17) is 4.43 Å². The van der Waals surface area contributed by atoms with Gasteiger partial charge in [-0.2, -0.15) is 0 Å². The van der Waals surface area contributed by atoms with Crippen LogP contribution in [0.1, 0.15) is 16.7 Å². The lowest BCUT2D eigenvalue weighted by Crippen LogP contribution is -2.24. The van der Waals surface area contributed by atoms with E-state index in [2.05, 4.69) is 86.9 Å². The van der Waals surface area contributed by atoms with E-state index < -0.39 is 8.32 Å². The van der Waals surface area contributed by atoms with Gasteiger partial charge in [0.2, 0.25) is 0 Å². The zero-order chi connectivity index (χ0) is 18.6. The van der Waals surface area contributed by atoms with Crippen molar-refractivity contribution in [2.24, 2.45) is 0 Å². The van der Waals surface area contributed by atoms with Crippen molar-refractivity contribution in [1.29, 1.82) is 0 Å². The molecule has 3 aromatic rings. The molecule has 2 heteroatoms. The molecule has 0 aliphatic carbocycles. The van der Waals surface area contributed by atoms with Crippen LogP contribution in [0.5, 0.6) is 0 Å². The summed E-state index contributed by atoms with van der Waals surface area (Å²) in [4.78, 5) is 0. The molecule has 0 aromatic heterocycles. The first-order chi connectivity index (χ1) is 12.4. The predicted octanol–water partition coefficient (Wildman–Crippen LogP) is 6.77. The van der Waals surface area contributed by atoms with Gasteiger partial charge in [0.1, 0.15) is 0 Å². The van der Waals surface area contributed by atoms with Crippen LogP contribution in [-0.2, 0) is 11.0 Å². The molecule has 0 N–H and O–H groups in total. The molecule has 3 aromatic carbocycles. The van der Waals surface area contributed by atoms with Gasteiger partial charge in [-0.15, -0.1) is 0 Å². The van der Waals surface area contributed by atoms with Crippen LogP contribution in [0.2, 0.25) is 19.6 Å². The third kappa shape index (κ3) is 4.81. The Hall–Kier alpha value is -2.42. The molecule has 0 spiro atoms. The summed E-state index contributed by atoms with van der Waals surface area (Å²) in [7, 11) is -1.51. The van der Waals surface area contributed by atoms with Gasteiger partial charge in [0.05, 0.1) is 6.61 Å². The highest BCUT2D eigenvalue weighted by molar-refractivity contribution is 6.69. The molecular formula is C24H26OSi. The standard InChI is InChI=1S/C24H26OSi/c1-19(21-11-6-5-7-12-21)22-13-9-15-24(17-22)23-14-8-10-20(16-23)18-25-26(2,3)4/h5-17H,1,18H2,2-4H3. The summed E-state index contributed by atoms with van der Waals surface area (Å²) in [5.41, 5.74) is 6.99. The number of hydrogen-bond donors (Lipinski definition) is 0. The van der Waals surface area contributed by atoms with E-state index in [0.717, 1.165) is 16.7 Å². The van der Waals surface area contributed by atoms with Crippen LogP contribution < -0.4 is 0 Å². The molecule has 0 amide bonds. The Morgan fingerprint density at radius 2 is 1.38 bits per heavy atom. The van der Waals surface area contributed by atoms with Crippen LogP contribution >= 0.6 is 0 Å². The van der Waals surface area contributed by atoms with Crippen LogP contribution in [0.25, 0.3) is 16.7 Å². The average Bonchev–Trinajstić information content (AvgIpc) is 2.66. The van der Waals surface area contributed by atoms with Crippen molar-refractivity contribution in [2.75, 3.05) is 0 Å². The van der Waals surface area contributed by atoms with Gasteiger partial charge < -0.3 is 4.43 Å². The Labute approximate surface area is 158 Å². The number of hydrogen-bond acceptors (Lipinski definition) is 1. The molecule has 132 valence electrons. The summed E-state index contributed by atoms with van der Waals surface area (Å²) in [5.74, 6) is 0. The molecule has 26 heavy (non-hydrogen) atoms. The van der Waals surface area contributed by atoms with Crippen LogP contribution in [0.4, 0.5) is 0 Å². The van der Waals surface area contributed by atoms with E-state index in [9.17, 15) is 0 Å². The van der Waals surface area contributed by atoms with Crippen LogP contribution in [0.15, 0.2) is 85.4 Å². The Bertz CT molecular complexity index is 891. The van der Waals surface area contributed by atoms with Crippen molar-refractivity contribution in [3.63, 3.8) is 0 Å². The van der Waals surface area contributed by atoms with E-state index in [1.54, 1.807) is 0 Å². The third-order valence-electron chi connectivity index (χ3n) is 4.27. The largest absolute Gasteiger partial charge is 0.413 e. The van der Waals surface area contributed by atoms with E-state index in [1.165, 1.54) is 16.7 Å². The monoisotopic (exact) mass is 358 g/mol. The molecule has 0 atom stereocenters. The summed E-state index contributed by atoms with van der Waals surface area (Å²) >= 11 is 0. The molecule has 0 heterocycles. The van der Waals surface area contributed by atoms with Gasteiger partial charge in [-0.3, -0.25) is 0 Å². The molecule has 0 fully saturated rings. The van der Waals surface area contributed by atoms with Crippen molar-refractivity contribution in [3.8, 4) is 11.1 Å². The lowest BCUT2D eigenvalue weighted by molar-refractivity contribution is 0.299. The fraction of sp³-hybridized carbons (Fsp3) is 0.167. The van der Waals surface area contributed by atoms with Crippen molar-refractivity contribution in [1.82, 2.24) is 0 Å². The van der Waals surface area contributed by atoms with Crippen molar-refractivity contribution in [3.05, 3.63) is 102 Å². The van der Waals surface area contributed by atoms with Gasteiger partial charge in [-0.25, -0.2) is 0 Å². The zero-order valence-electron chi connectivity index (χ0n) is 15.8. The summed E-state index contributed by atoms with van der Waals surface area (Å²) in [6.07, 6.45) is 0. The molecule has 0 saturated heterocycles. The predicted molar refractivity (Wildman–Crippen MR) is 115 cm³/mol. The molecule has 3 rings (SSSR count). The zero-order valence-corrected chi connectivity index (χ0v) is 16.8. The van der Waals surface area contributed by atoms with E-state index in [-0.39, 0.29) is 0 Å². The van der Waals surface area contributed by atoms with Crippen molar-refractivity contribution >= 4 is 13.9 Å². The Morgan fingerprint density at radius 1 is 0.769 bits per heavy atom. The first kappa shape index (κ1) is 18.4. The summed E-state index contributed by atoms with van der Waals surface area (Å²) in [5, 5.41) is 0. The topological polar surface area (TPSA) is 9.23 Å². The number of rotatable bonds is 6. The maximum absolute atomic E-state index is 6.05. The van der Waals surface area contributed by atoms with Gasteiger partial charge in [0.15, 0.2) is 8.32 Å². The normalized spacial score (nSPS) is 11.3. The Kier molecular flexibility index (Phi) is 5.55. The van der Waals surface area contributed by atoms with Gasteiger partial charge in [0.25, 0.3) is 0 Å². The summed E-state index contributed by atoms with van der Waals surface area (Å²) < 4.78 is 6.05. The second-order valence-corrected chi connectivity index (χ2v) is 12.0. The molecule has 0 radical (unpaired) electrons. The minimum atomic E-state index is -1.51. The minimum Gasteiger partial charge on any atom is -0.413 e. The van der Waals surface area contributed by atoms with Crippen LogP contribution in [-0.4, -0.2) is 8.32 Å². The number of benzene rings is 3. The highest BCUT2D eigenvalue weighted by Gasteiger charge is 2.14. The average molecular weight is 359 g/mol. The molecular weight excluding hydrogens is 332 g/mol. The van der Waals surface area contributed by atoms with Crippen molar-refractivity contribution in [2.45, 2.75) is 26.2 Å². The Morgan fingerprint density at radius 3 is 2.08 bits per heavy atom. The highest BCUT2D eigenvalue weighted by atomic mass is 28.4. The summed E-state index contributed by atoms with van der Waals surface area (Å²) in [6, 6.07) is 27.5. The molecule has 0 saturated carbocycles. The lowest BCUT2D eigenvalue weighted by Gasteiger charge is -2.17. The van der Waals surface area contributed by atoms with Gasteiger partial charge in [0, 0.05) is 0 Å². The third-order valence-corrected chi connectivity index (χ3v) is 5.28. The minimum absolute atomic E-state index is 0.681. The Balaban J connectivity index is 1.85. The van der Waals surface area contributed by atoms with Gasteiger partial charge in [-0.05, 0) is 65.2 Å². The lowest BCUT2D eigenvalue weighted by atomic mass is 9.95. The van der Waals surface area contributed by atoms with E-state index >= 15 is 0 Å². The van der Waals surface area contributed by atoms with Crippen molar-refractivity contribution < 1.29 is 4.43 Å². The fourth-order valence-corrected chi connectivity index (χ4v) is 3.43. The molecule has 0 bridgehead atoms. The molecule has 1 nitrogen and oxygen atoms in total. The van der Waals surface area contributed by atoms with Gasteiger partial charge in [-0.1, -0.05) is 73.3 Å². The first-order valence-corrected chi connectivity index (χ1v) is 12.4. The maximum atomic E-state index is 6.05. The fourth-order valence-electron chi connectivity index (χ4n) is 2.83. The molecule has 0 unspecified atom stereocenters. The first-order valence-electron chi connectivity index (χ1n) is 9.00. The van der Waals surface area contributed by atoms with Crippen LogP contribution in [0.3, 0.4) is 0 Å². The quantitative estimate of drug-likeness (QED) is 0.442. The smallest absolute Gasteiger partial charge is 0.184 e. The molecule has 0 aliphatic rings. The maximum Gasteiger partial charge on any atom is 0.184 e. The van der Waals surface area contributed by atoms with Gasteiger partial charge >= 0.3 is 0 Å². The summed E-state index contributed by atoms with van der Waals surface area (Å²) in [6.45, 7) is 11.6. The molecule has 0 aliphatic heterocycles. The highest BCUT2D eigenvalue weighted by Crippen LogP contribution is 2.27. The van der Waals surface area contributed by atoms with E-state index in [0.29, 0.717) is 6.61 Å². The van der Waals surface area contributed by atoms with Crippen LogP contribution in [0, 0.1) is 0 Å². The van der Waals surface area contributed by atoms with E-state index in [1.807, 2.05) is 18.2 Å². The second kappa shape index (κ2) is 7.86.